The Balaban J connectivity index is 1.89. The first-order valence-corrected chi connectivity index (χ1v) is 9.28. The highest BCUT2D eigenvalue weighted by Gasteiger charge is 2.20. The van der Waals surface area contributed by atoms with Gasteiger partial charge in [0.15, 0.2) is 0 Å². The monoisotopic (exact) mass is 348 g/mol. The third-order valence-corrected chi connectivity index (χ3v) is 5.47. The molecular weight excluding hydrogens is 323 g/mol. The van der Waals surface area contributed by atoms with Crippen molar-refractivity contribution in [2.45, 2.75) is 26.7 Å². The van der Waals surface area contributed by atoms with E-state index in [1.807, 2.05) is 12.1 Å². The average molecular weight is 348 g/mol. The van der Waals surface area contributed by atoms with Gasteiger partial charge in [-0.25, -0.2) is 4.39 Å². The standard InChI is InChI=1S/C23H25FN2/c1-16-4-9-22-21(14-16)20-10-12-25(3)13-11-23(20)26(22)15-17(2)18-5-7-19(24)8-6-18/h4-9,14-15H,10-13H2,1-3H3. The van der Waals surface area contributed by atoms with E-state index in [1.54, 1.807) is 0 Å². The summed E-state index contributed by atoms with van der Waals surface area (Å²) in [6, 6.07) is 13.5. The Morgan fingerprint density at radius 2 is 1.77 bits per heavy atom. The molecule has 0 fully saturated rings. The van der Waals surface area contributed by atoms with Gasteiger partial charge in [0, 0.05) is 36.8 Å². The van der Waals surface area contributed by atoms with Gasteiger partial charge in [0.1, 0.15) is 5.82 Å². The molecule has 2 nitrogen and oxygen atoms in total. The van der Waals surface area contributed by atoms with Gasteiger partial charge in [0.25, 0.3) is 0 Å². The molecule has 26 heavy (non-hydrogen) atoms. The molecule has 2 aromatic carbocycles. The molecule has 0 aliphatic carbocycles. The van der Waals surface area contributed by atoms with Crippen molar-refractivity contribution in [1.29, 1.82) is 0 Å². The van der Waals surface area contributed by atoms with Gasteiger partial charge >= 0.3 is 0 Å². The molecule has 3 heteroatoms. The molecule has 0 bridgehead atoms. The van der Waals surface area contributed by atoms with Crippen LogP contribution in [0.25, 0.3) is 22.7 Å². The normalized spacial score (nSPS) is 15.9. The van der Waals surface area contributed by atoms with Crippen LogP contribution in [0, 0.1) is 12.7 Å². The maximum absolute atomic E-state index is 13.3. The van der Waals surface area contributed by atoms with E-state index in [2.05, 4.69) is 54.8 Å². The highest BCUT2D eigenvalue weighted by molar-refractivity contribution is 5.90. The van der Waals surface area contributed by atoms with Crippen molar-refractivity contribution in [2.24, 2.45) is 0 Å². The van der Waals surface area contributed by atoms with E-state index in [0.29, 0.717) is 0 Å². The number of allylic oxidation sites excluding steroid dienone is 1. The van der Waals surface area contributed by atoms with Crippen LogP contribution in [0.1, 0.15) is 29.3 Å². The van der Waals surface area contributed by atoms with E-state index >= 15 is 0 Å². The van der Waals surface area contributed by atoms with Crippen molar-refractivity contribution in [1.82, 2.24) is 9.47 Å². The van der Waals surface area contributed by atoms with Gasteiger partial charge < -0.3 is 9.47 Å². The zero-order valence-electron chi connectivity index (χ0n) is 15.7. The number of nitrogens with zero attached hydrogens (tertiary/aromatic N) is 2. The number of hydrogen-bond donors (Lipinski definition) is 0. The van der Waals surface area contributed by atoms with E-state index < -0.39 is 0 Å². The molecule has 0 N–H and O–H groups in total. The van der Waals surface area contributed by atoms with Gasteiger partial charge in [0.05, 0.1) is 5.52 Å². The van der Waals surface area contributed by atoms with Crippen molar-refractivity contribution < 1.29 is 4.39 Å². The zero-order chi connectivity index (χ0) is 18.3. The molecule has 1 aliphatic heterocycles. The summed E-state index contributed by atoms with van der Waals surface area (Å²) < 4.78 is 15.6. The summed E-state index contributed by atoms with van der Waals surface area (Å²) in [6.45, 7) is 6.43. The van der Waals surface area contributed by atoms with E-state index in [9.17, 15) is 4.39 Å². The third kappa shape index (κ3) is 3.08. The Morgan fingerprint density at radius 3 is 2.54 bits per heavy atom. The van der Waals surface area contributed by atoms with Crippen molar-refractivity contribution in [3.63, 3.8) is 0 Å². The van der Waals surface area contributed by atoms with Crippen molar-refractivity contribution in [3.8, 4) is 0 Å². The maximum atomic E-state index is 13.3. The van der Waals surface area contributed by atoms with Crippen LogP contribution in [0.2, 0.25) is 0 Å². The van der Waals surface area contributed by atoms with Crippen molar-refractivity contribution >= 4 is 22.7 Å². The molecule has 0 amide bonds. The lowest BCUT2D eigenvalue weighted by Crippen LogP contribution is -2.21. The van der Waals surface area contributed by atoms with Crippen LogP contribution in [0.5, 0.6) is 0 Å². The molecule has 4 rings (SSSR count). The number of aryl methyl sites for hydroxylation is 1. The Labute approximate surface area is 154 Å². The number of rotatable bonds is 2. The number of hydrogen-bond acceptors (Lipinski definition) is 1. The lowest BCUT2D eigenvalue weighted by Gasteiger charge is -2.13. The first-order chi connectivity index (χ1) is 12.5. The second kappa shape index (κ2) is 6.73. The molecule has 0 saturated carbocycles. The fourth-order valence-corrected chi connectivity index (χ4v) is 3.94. The minimum Gasteiger partial charge on any atom is -0.320 e. The predicted octanol–water partition coefficient (Wildman–Crippen LogP) is 5.14. The number of halogens is 1. The van der Waals surface area contributed by atoms with Gasteiger partial charge in [-0.1, -0.05) is 23.8 Å². The summed E-state index contributed by atoms with van der Waals surface area (Å²) in [5.41, 5.74) is 7.66. The Hall–Kier alpha value is -2.39. The van der Waals surface area contributed by atoms with Crippen LogP contribution >= 0.6 is 0 Å². The van der Waals surface area contributed by atoms with E-state index in [-0.39, 0.29) is 5.82 Å². The summed E-state index contributed by atoms with van der Waals surface area (Å²) >= 11 is 0. The van der Waals surface area contributed by atoms with Crippen LogP contribution in [0.3, 0.4) is 0 Å². The molecule has 1 aliphatic rings. The van der Waals surface area contributed by atoms with Gasteiger partial charge in [-0.15, -0.1) is 0 Å². The van der Waals surface area contributed by atoms with Crippen LogP contribution in [-0.2, 0) is 12.8 Å². The molecule has 0 spiro atoms. The van der Waals surface area contributed by atoms with Crippen LogP contribution in [0.4, 0.5) is 4.39 Å². The Morgan fingerprint density at radius 1 is 1.04 bits per heavy atom. The highest BCUT2D eigenvalue weighted by Crippen LogP contribution is 2.31. The number of fused-ring (bicyclic) bond motifs is 3. The van der Waals surface area contributed by atoms with E-state index in [1.165, 1.54) is 39.9 Å². The molecule has 0 atom stereocenters. The van der Waals surface area contributed by atoms with Crippen molar-refractivity contribution in [3.05, 3.63) is 70.7 Å². The third-order valence-electron chi connectivity index (χ3n) is 5.47. The molecule has 134 valence electrons. The number of aromatic nitrogens is 1. The lowest BCUT2D eigenvalue weighted by molar-refractivity contribution is 0.351. The van der Waals surface area contributed by atoms with Crippen molar-refractivity contribution in [2.75, 3.05) is 20.1 Å². The molecule has 0 radical (unpaired) electrons. The molecular formula is C23H25FN2. The minimum absolute atomic E-state index is 0.194. The van der Waals surface area contributed by atoms with Crippen LogP contribution in [-0.4, -0.2) is 29.6 Å². The molecule has 0 unspecified atom stereocenters. The Kier molecular flexibility index (Phi) is 4.41. The largest absolute Gasteiger partial charge is 0.320 e. The highest BCUT2D eigenvalue weighted by atomic mass is 19.1. The average Bonchev–Trinajstić information content (AvgIpc) is 2.76. The van der Waals surface area contributed by atoms with Gasteiger partial charge in [-0.05, 0) is 68.3 Å². The van der Waals surface area contributed by atoms with Gasteiger partial charge in [-0.2, -0.15) is 0 Å². The summed E-state index contributed by atoms with van der Waals surface area (Å²) in [6.07, 6.45) is 4.35. The van der Waals surface area contributed by atoms with E-state index in [4.69, 9.17) is 0 Å². The summed E-state index contributed by atoms with van der Waals surface area (Å²) in [7, 11) is 2.20. The predicted molar refractivity (Wildman–Crippen MR) is 108 cm³/mol. The fourth-order valence-electron chi connectivity index (χ4n) is 3.94. The molecule has 2 heterocycles. The first-order valence-electron chi connectivity index (χ1n) is 9.28. The summed E-state index contributed by atoms with van der Waals surface area (Å²) in [4.78, 5) is 2.41. The summed E-state index contributed by atoms with van der Waals surface area (Å²) in [5.74, 6) is -0.194. The Bertz CT molecular complexity index is 980. The minimum atomic E-state index is -0.194. The topological polar surface area (TPSA) is 8.17 Å². The van der Waals surface area contributed by atoms with Crippen LogP contribution < -0.4 is 0 Å². The smallest absolute Gasteiger partial charge is 0.123 e. The maximum Gasteiger partial charge on any atom is 0.123 e. The lowest BCUT2D eigenvalue weighted by atomic mass is 10.1. The number of likely N-dealkylation sites (N-methyl/N-ethyl adjacent to an activating group) is 1. The second-order valence-electron chi connectivity index (χ2n) is 7.44. The fraction of sp³-hybridized carbons (Fsp3) is 0.304. The zero-order valence-corrected chi connectivity index (χ0v) is 15.7. The molecule has 0 saturated heterocycles. The van der Waals surface area contributed by atoms with E-state index in [0.717, 1.165) is 37.1 Å². The molecule has 1 aromatic heterocycles. The summed E-state index contributed by atoms with van der Waals surface area (Å²) in [5, 5.41) is 1.37. The number of benzene rings is 2. The first kappa shape index (κ1) is 17.0. The quantitative estimate of drug-likeness (QED) is 0.623. The van der Waals surface area contributed by atoms with Gasteiger partial charge in [-0.3, -0.25) is 0 Å². The molecule has 3 aromatic rings. The van der Waals surface area contributed by atoms with Gasteiger partial charge in [0.2, 0.25) is 0 Å². The second-order valence-corrected chi connectivity index (χ2v) is 7.44. The SMILES string of the molecule is CC(=Cn1c2c(c3cc(C)ccc31)CCN(C)CC2)c1ccc(F)cc1. The van der Waals surface area contributed by atoms with Crippen LogP contribution in [0.15, 0.2) is 42.5 Å².